The van der Waals surface area contributed by atoms with Gasteiger partial charge in [-0.05, 0) is 49.8 Å². The number of hydrogen-bond donors (Lipinski definition) is 0. The molecule has 0 fully saturated rings. The van der Waals surface area contributed by atoms with E-state index in [0.717, 1.165) is 21.9 Å². The van der Waals surface area contributed by atoms with Crippen LogP contribution in [-0.2, 0) is 4.79 Å². The summed E-state index contributed by atoms with van der Waals surface area (Å²) in [6.45, 7) is 6.83. The van der Waals surface area contributed by atoms with Crippen molar-refractivity contribution in [3.05, 3.63) is 103 Å². The van der Waals surface area contributed by atoms with Gasteiger partial charge in [0.2, 0.25) is 0 Å². The van der Waals surface area contributed by atoms with Crippen molar-refractivity contribution in [2.45, 2.75) is 26.8 Å². The average molecular weight is 542 g/mol. The Labute approximate surface area is 230 Å². The Balaban J connectivity index is 1.81. The zero-order valence-electron chi connectivity index (χ0n) is 22.7. The van der Waals surface area contributed by atoms with E-state index in [0.29, 0.717) is 45.2 Å². The summed E-state index contributed by atoms with van der Waals surface area (Å²) in [7, 11) is 3.22. The summed E-state index contributed by atoms with van der Waals surface area (Å²) in [5, 5.41) is 2.03. The summed E-state index contributed by atoms with van der Waals surface area (Å²) in [4.78, 5) is 35.1. The van der Waals surface area contributed by atoms with Crippen molar-refractivity contribution in [3.63, 3.8) is 0 Å². The molecule has 200 valence electrons. The van der Waals surface area contributed by atoms with Crippen LogP contribution in [0.4, 0.5) is 0 Å². The maximum Gasteiger partial charge on any atom is 0.271 e. The van der Waals surface area contributed by atoms with Gasteiger partial charge in [-0.25, -0.2) is 4.99 Å². The van der Waals surface area contributed by atoms with E-state index in [2.05, 4.69) is 0 Å². The van der Waals surface area contributed by atoms with Gasteiger partial charge >= 0.3 is 0 Å². The van der Waals surface area contributed by atoms with Crippen molar-refractivity contribution in [1.29, 1.82) is 0 Å². The molecule has 1 amide bonds. The maximum absolute atomic E-state index is 14.2. The molecule has 7 nitrogen and oxygen atoms in total. The van der Waals surface area contributed by atoms with Crippen LogP contribution in [0.5, 0.6) is 11.5 Å². The number of para-hydroxylation sites is 1. The summed E-state index contributed by atoms with van der Waals surface area (Å²) in [5.41, 5.74) is 2.41. The fourth-order valence-electron chi connectivity index (χ4n) is 5.20. The molecular weight excluding hydrogens is 510 g/mol. The number of thiazole rings is 1. The standard InChI is InChI=1S/C31H31N3O4S/c1-6-33(7-2)30(36)27-19(3)32-31-34(28(27)22-14-10-11-15-24(22)37-4)29(35)26(39-31)18-23-21-13-9-8-12-20(21)16-17-25(23)38-5/h8-18,28H,6-7H2,1-5H3/b26-18+/t28-/m1/s1. The highest BCUT2D eigenvalue weighted by atomic mass is 32.1. The molecule has 0 N–H and O–H groups in total. The molecule has 1 aliphatic rings. The number of benzene rings is 3. The van der Waals surface area contributed by atoms with E-state index in [1.54, 1.807) is 23.7 Å². The molecule has 8 heteroatoms. The number of hydrogen-bond acceptors (Lipinski definition) is 6. The van der Waals surface area contributed by atoms with Gasteiger partial charge in [-0.15, -0.1) is 0 Å². The lowest BCUT2D eigenvalue weighted by molar-refractivity contribution is -0.127. The van der Waals surface area contributed by atoms with E-state index in [1.165, 1.54) is 11.3 Å². The number of methoxy groups -OCH3 is 2. The second kappa shape index (κ2) is 10.9. The second-order valence-electron chi connectivity index (χ2n) is 9.20. The lowest BCUT2D eigenvalue weighted by Crippen LogP contribution is -2.43. The van der Waals surface area contributed by atoms with Crippen LogP contribution in [0.15, 0.2) is 81.7 Å². The van der Waals surface area contributed by atoms with E-state index in [4.69, 9.17) is 14.5 Å². The monoisotopic (exact) mass is 541 g/mol. The van der Waals surface area contributed by atoms with E-state index < -0.39 is 6.04 Å². The number of amides is 1. The molecule has 3 aromatic carbocycles. The highest BCUT2D eigenvalue weighted by Crippen LogP contribution is 2.36. The van der Waals surface area contributed by atoms with E-state index in [-0.39, 0.29) is 11.5 Å². The van der Waals surface area contributed by atoms with E-state index in [1.807, 2.05) is 87.5 Å². The molecule has 0 aliphatic carbocycles. The first-order valence-corrected chi connectivity index (χ1v) is 13.8. The molecule has 0 bridgehead atoms. The van der Waals surface area contributed by atoms with Crippen LogP contribution >= 0.6 is 11.3 Å². The fraction of sp³-hybridized carbons (Fsp3) is 0.258. The van der Waals surface area contributed by atoms with Gasteiger partial charge in [-0.1, -0.05) is 59.9 Å². The number of ether oxygens (including phenoxy) is 2. The Morgan fingerprint density at radius 1 is 1.00 bits per heavy atom. The third-order valence-electron chi connectivity index (χ3n) is 7.16. The van der Waals surface area contributed by atoms with Gasteiger partial charge in [0.25, 0.3) is 11.5 Å². The third kappa shape index (κ3) is 4.55. The van der Waals surface area contributed by atoms with Crippen molar-refractivity contribution in [1.82, 2.24) is 9.47 Å². The van der Waals surface area contributed by atoms with Crippen molar-refractivity contribution in [3.8, 4) is 11.5 Å². The molecule has 0 saturated heterocycles. The number of likely N-dealkylation sites (N-methyl/N-ethyl adjacent to an activating group) is 1. The Hall–Kier alpha value is -4.17. The lowest BCUT2D eigenvalue weighted by atomic mass is 9.94. The van der Waals surface area contributed by atoms with Gasteiger partial charge < -0.3 is 14.4 Å². The van der Waals surface area contributed by atoms with Crippen LogP contribution in [-0.4, -0.2) is 42.7 Å². The van der Waals surface area contributed by atoms with Crippen molar-refractivity contribution < 1.29 is 14.3 Å². The molecular formula is C31H31N3O4S. The second-order valence-corrected chi connectivity index (χ2v) is 10.2. The van der Waals surface area contributed by atoms with Gasteiger partial charge in [-0.2, -0.15) is 0 Å². The molecule has 1 aliphatic heterocycles. The Morgan fingerprint density at radius 3 is 2.41 bits per heavy atom. The van der Waals surface area contributed by atoms with Crippen molar-refractivity contribution >= 4 is 34.1 Å². The van der Waals surface area contributed by atoms with Crippen LogP contribution in [0.25, 0.3) is 16.8 Å². The largest absolute Gasteiger partial charge is 0.496 e. The summed E-state index contributed by atoms with van der Waals surface area (Å²) < 4.78 is 13.5. The van der Waals surface area contributed by atoms with Gasteiger partial charge in [0.05, 0.1) is 30.0 Å². The first-order valence-electron chi connectivity index (χ1n) is 12.9. The maximum atomic E-state index is 14.2. The Kier molecular flexibility index (Phi) is 7.39. The zero-order chi connectivity index (χ0) is 27.7. The zero-order valence-corrected chi connectivity index (χ0v) is 23.5. The molecule has 4 aromatic rings. The Morgan fingerprint density at radius 2 is 1.69 bits per heavy atom. The van der Waals surface area contributed by atoms with E-state index in [9.17, 15) is 9.59 Å². The minimum Gasteiger partial charge on any atom is -0.496 e. The minimum absolute atomic E-state index is 0.137. The summed E-state index contributed by atoms with van der Waals surface area (Å²) in [5.74, 6) is 1.14. The predicted molar refractivity (Wildman–Crippen MR) is 155 cm³/mol. The number of nitrogens with zero attached hydrogens (tertiary/aromatic N) is 3. The molecule has 0 saturated carbocycles. The number of rotatable bonds is 7. The molecule has 1 atom stereocenters. The number of fused-ring (bicyclic) bond motifs is 2. The van der Waals surface area contributed by atoms with E-state index >= 15 is 0 Å². The third-order valence-corrected chi connectivity index (χ3v) is 8.15. The van der Waals surface area contributed by atoms with Gasteiger partial charge in [0, 0.05) is 24.2 Å². The number of aromatic nitrogens is 1. The van der Waals surface area contributed by atoms with Crippen molar-refractivity contribution in [2.24, 2.45) is 4.99 Å². The number of allylic oxidation sites excluding steroid dienone is 1. The molecule has 1 aromatic heterocycles. The van der Waals surface area contributed by atoms with Crippen LogP contribution in [0.1, 0.15) is 37.9 Å². The normalized spacial score (nSPS) is 15.2. The highest BCUT2D eigenvalue weighted by Gasteiger charge is 2.35. The number of carbonyl (C=O) groups excluding carboxylic acids is 1. The quantitative estimate of drug-likeness (QED) is 0.350. The van der Waals surface area contributed by atoms with Gasteiger partial charge in [0.1, 0.15) is 17.5 Å². The van der Waals surface area contributed by atoms with Gasteiger partial charge in [-0.3, -0.25) is 14.2 Å². The van der Waals surface area contributed by atoms with Gasteiger partial charge in [0.15, 0.2) is 4.80 Å². The minimum atomic E-state index is -0.679. The number of carbonyl (C=O) groups is 1. The first-order chi connectivity index (χ1) is 18.9. The topological polar surface area (TPSA) is 73.1 Å². The molecule has 0 radical (unpaired) electrons. The predicted octanol–water partition coefficient (Wildman–Crippen LogP) is 4.27. The molecule has 0 unspecified atom stereocenters. The SMILES string of the molecule is CCN(CC)C(=O)C1=C(C)N=c2s/c(=C/c3c(OC)ccc4ccccc34)c(=O)n2[C@@H]1c1ccccc1OC. The smallest absolute Gasteiger partial charge is 0.271 e. The van der Waals surface area contributed by atoms with Crippen LogP contribution in [0.3, 0.4) is 0 Å². The first kappa shape index (κ1) is 26.4. The van der Waals surface area contributed by atoms with Crippen LogP contribution < -0.4 is 24.4 Å². The summed E-state index contributed by atoms with van der Waals surface area (Å²) in [6, 6.07) is 18.8. The summed E-state index contributed by atoms with van der Waals surface area (Å²) >= 11 is 1.31. The average Bonchev–Trinajstić information content (AvgIpc) is 3.27. The fourth-order valence-corrected chi connectivity index (χ4v) is 6.22. The molecule has 5 rings (SSSR count). The van der Waals surface area contributed by atoms with Crippen LogP contribution in [0, 0.1) is 0 Å². The summed E-state index contributed by atoms with van der Waals surface area (Å²) in [6.07, 6.45) is 1.87. The lowest BCUT2D eigenvalue weighted by Gasteiger charge is -2.29. The van der Waals surface area contributed by atoms with Crippen LogP contribution in [0.2, 0.25) is 0 Å². The molecule has 2 heterocycles. The Bertz CT molecular complexity index is 1780. The molecule has 0 spiro atoms. The highest BCUT2D eigenvalue weighted by molar-refractivity contribution is 7.07. The molecule has 39 heavy (non-hydrogen) atoms. The van der Waals surface area contributed by atoms with Crippen molar-refractivity contribution in [2.75, 3.05) is 27.3 Å².